The van der Waals surface area contributed by atoms with E-state index in [0.29, 0.717) is 18.0 Å². The van der Waals surface area contributed by atoms with E-state index in [9.17, 15) is 5.11 Å². The van der Waals surface area contributed by atoms with Crippen LogP contribution in [-0.4, -0.2) is 11.7 Å². The third-order valence-electron chi connectivity index (χ3n) is 2.35. The Labute approximate surface area is 89.7 Å². The topological polar surface area (TPSA) is 46.2 Å². The minimum Gasteiger partial charge on any atom is -0.388 e. The summed E-state index contributed by atoms with van der Waals surface area (Å²) in [7, 11) is 0. The van der Waals surface area contributed by atoms with Crippen LogP contribution in [0.2, 0.25) is 5.02 Å². The highest BCUT2D eigenvalue weighted by Crippen LogP contribution is 2.26. The van der Waals surface area contributed by atoms with Crippen LogP contribution < -0.4 is 5.73 Å². The van der Waals surface area contributed by atoms with Crippen LogP contribution in [0.4, 0.5) is 0 Å². The molecule has 0 fully saturated rings. The molecule has 0 aliphatic carbocycles. The molecule has 0 saturated carbocycles. The summed E-state index contributed by atoms with van der Waals surface area (Å²) in [4.78, 5) is 0. The molecule has 3 N–H and O–H groups in total. The zero-order valence-corrected chi connectivity index (χ0v) is 9.09. The van der Waals surface area contributed by atoms with Crippen molar-refractivity contribution in [3.63, 3.8) is 0 Å². The molecule has 0 aliphatic heterocycles. The number of aliphatic hydroxyl groups is 1. The molecule has 0 aliphatic rings. The molecule has 0 amide bonds. The third kappa shape index (κ3) is 2.71. The van der Waals surface area contributed by atoms with Gasteiger partial charge < -0.3 is 10.8 Å². The van der Waals surface area contributed by atoms with Gasteiger partial charge >= 0.3 is 0 Å². The van der Waals surface area contributed by atoms with Crippen molar-refractivity contribution >= 4 is 11.6 Å². The van der Waals surface area contributed by atoms with E-state index in [1.54, 1.807) is 0 Å². The Bertz CT molecular complexity index is 301. The Morgan fingerprint density at radius 2 is 2.21 bits per heavy atom. The van der Waals surface area contributed by atoms with Gasteiger partial charge in [-0.3, -0.25) is 0 Å². The molecule has 1 aromatic rings. The van der Waals surface area contributed by atoms with E-state index in [4.69, 9.17) is 17.3 Å². The van der Waals surface area contributed by atoms with Gasteiger partial charge in [0.1, 0.15) is 0 Å². The maximum atomic E-state index is 9.84. The van der Waals surface area contributed by atoms with Gasteiger partial charge in [-0.2, -0.15) is 0 Å². The average Bonchev–Trinajstić information content (AvgIpc) is 2.18. The quantitative estimate of drug-likeness (QED) is 0.807. The van der Waals surface area contributed by atoms with Crippen LogP contribution in [0, 0.1) is 6.92 Å². The summed E-state index contributed by atoms with van der Waals surface area (Å²) in [5.41, 5.74) is 7.25. The smallest absolute Gasteiger partial charge is 0.0793 e. The van der Waals surface area contributed by atoms with Crippen LogP contribution in [0.15, 0.2) is 18.2 Å². The van der Waals surface area contributed by atoms with E-state index in [1.165, 1.54) is 0 Å². The van der Waals surface area contributed by atoms with E-state index < -0.39 is 6.10 Å². The number of hydrogen-bond donors (Lipinski definition) is 2. The Morgan fingerprint density at radius 1 is 1.50 bits per heavy atom. The van der Waals surface area contributed by atoms with Gasteiger partial charge in [0.2, 0.25) is 0 Å². The van der Waals surface area contributed by atoms with Gasteiger partial charge in [0.05, 0.1) is 6.10 Å². The van der Waals surface area contributed by atoms with Gasteiger partial charge in [-0.05, 0) is 43.5 Å². The van der Waals surface area contributed by atoms with Gasteiger partial charge in [0, 0.05) is 5.02 Å². The van der Waals surface area contributed by atoms with Crippen molar-refractivity contribution in [1.82, 2.24) is 0 Å². The van der Waals surface area contributed by atoms with Gasteiger partial charge in [-0.25, -0.2) is 0 Å². The van der Waals surface area contributed by atoms with Crippen molar-refractivity contribution < 1.29 is 5.11 Å². The monoisotopic (exact) mass is 213 g/mol. The number of aliphatic hydroxyl groups excluding tert-OH is 1. The first-order chi connectivity index (χ1) is 6.66. The average molecular weight is 214 g/mol. The third-order valence-corrected chi connectivity index (χ3v) is 2.76. The zero-order chi connectivity index (χ0) is 10.6. The van der Waals surface area contributed by atoms with E-state index in [1.807, 2.05) is 25.1 Å². The molecular formula is C11H16ClNO. The van der Waals surface area contributed by atoms with Crippen molar-refractivity contribution in [1.29, 1.82) is 0 Å². The van der Waals surface area contributed by atoms with E-state index in [2.05, 4.69) is 0 Å². The molecule has 2 nitrogen and oxygen atoms in total. The molecule has 1 unspecified atom stereocenters. The van der Waals surface area contributed by atoms with Crippen LogP contribution in [-0.2, 0) is 0 Å². The van der Waals surface area contributed by atoms with Crippen LogP contribution in [0.3, 0.4) is 0 Å². The number of benzene rings is 1. The number of halogens is 1. The normalized spacial score (nSPS) is 12.9. The lowest BCUT2D eigenvalue weighted by atomic mass is 10.00. The van der Waals surface area contributed by atoms with Crippen LogP contribution in [0.5, 0.6) is 0 Å². The summed E-state index contributed by atoms with van der Waals surface area (Å²) in [5.74, 6) is 0. The summed E-state index contributed by atoms with van der Waals surface area (Å²) in [6.07, 6.45) is 1.07. The van der Waals surface area contributed by atoms with Gasteiger partial charge in [0.25, 0.3) is 0 Å². The van der Waals surface area contributed by atoms with Gasteiger partial charge in [0.15, 0.2) is 0 Å². The van der Waals surface area contributed by atoms with E-state index in [-0.39, 0.29) is 0 Å². The molecule has 1 atom stereocenters. The largest absolute Gasteiger partial charge is 0.388 e. The highest BCUT2D eigenvalue weighted by molar-refractivity contribution is 6.31. The lowest BCUT2D eigenvalue weighted by Crippen LogP contribution is -2.05. The SMILES string of the molecule is Cc1c(Cl)cccc1C(O)CCCN. The molecule has 0 spiro atoms. The lowest BCUT2D eigenvalue weighted by molar-refractivity contribution is 0.165. The fraction of sp³-hybridized carbons (Fsp3) is 0.455. The summed E-state index contributed by atoms with van der Waals surface area (Å²) in [5, 5.41) is 10.5. The van der Waals surface area contributed by atoms with Gasteiger partial charge in [-0.15, -0.1) is 0 Å². The standard InChI is InChI=1S/C11H16ClNO/c1-8-9(4-2-5-10(8)12)11(14)6-3-7-13/h2,4-5,11,14H,3,6-7,13H2,1H3. The predicted molar refractivity (Wildman–Crippen MR) is 59.4 cm³/mol. The molecule has 0 bridgehead atoms. The summed E-state index contributed by atoms with van der Waals surface area (Å²) in [6.45, 7) is 2.53. The Balaban J connectivity index is 2.79. The first-order valence-corrected chi connectivity index (χ1v) is 5.17. The molecule has 3 heteroatoms. The Kier molecular flexibility index (Phi) is 4.39. The molecule has 0 aromatic heterocycles. The van der Waals surface area contributed by atoms with Crippen LogP contribution >= 0.6 is 11.6 Å². The van der Waals surface area contributed by atoms with Crippen molar-refractivity contribution in [3.8, 4) is 0 Å². The van der Waals surface area contributed by atoms with Crippen molar-refractivity contribution in [2.45, 2.75) is 25.9 Å². The molecule has 78 valence electrons. The highest BCUT2D eigenvalue weighted by atomic mass is 35.5. The molecule has 0 radical (unpaired) electrons. The Hall–Kier alpha value is -0.570. The molecule has 1 rings (SSSR count). The second kappa shape index (κ2) is 5.35. The molecule has 0 saturated heterocycles. The minimum absolute atomic E-state index is 0.447. The Morgan fingerprint density at radius 3 is 2.86 bits per heavy atom. The maximum Gasteiger partial charge on any atom is 0.0793 e. The van der Waals surface area contributed by atoms with Crippen LogP contribution in [0.25, 0.3) is 0 Å². The lowest BCUT2D eigenvalue weighted by Gasteiger charge is -2.13. The molecular weight excluding hydrogens is 198 g/mol. The molecule has 1 aromatic carbocycles. The number of rotatable bonds is 4. The number of nitrogens with two attached hydrogens (primary N) is 1. The first kappa shape index (κ1) is 11.5. The summed E-state index contributed by atoms with van der Waals surface area (Å²) < 4.78 is 0. The zero-order valence-electron chi connectivity index (χ0n) is 8.33. The molecule has 0 heterocycles. The van der Waals surface area contributed by atoms with E-state index in [0.717, 1.165) is 17.5 Å². The summed E-state index contributed by atoms with van der Waals surface area (Å²) >= 11 is 5.96. The van der Waals surface area contributed by atoms with Crippen molar-refractivity contribution in [2.24, 2.45) is 5.73 Å². The van der Waals surface area contributed by atoms with Gasteiger partial charge in [-0.1, -0.05) is 23.7 Å². The van der Waals surface area contributed by atoms with E-state index >= 15 is 0 Å². The maximum absolute atomic E-state index is 9.84. The van der Waals surface area contributed by atoms with Crippen LogP contribution in [0.1, 0.15) is 30.1 Å². The first-order valence-electron chi connectivity index (χ1n) is 4.80. The second-order valence-corrected chi connectivity index (χ2v) is 3.81. The number of hydrogen-bond acceptors (Lipinski definition) is 2. The fourth-order valence-corrected chi connectivity index (χ4v) is 1.63. The minimum atomic E-state index is -0.447. The second-order valence-electron chi connectivity index (χ2n) is 3.40. The van der Waals surface area contributed by atoms with Crippen molar-refractivity contribution in [3.05, 3.63) is 34.3 Å². The fourth-order valence-electron chi connectivity index (χ4n) is 1.45. The summed E-state index contributed by atoms with van der Waals surface area (Å²) in [6, 6.07) is 5.59. The highest BCUT2D eigenvalue weighted by Gasteiger charge is 2.10. The molecule has 14 heavy (non-hydrogen) atoms. The van der Waals surface area contributed by atoms with Crippen molar-refractivity contribution in [2.75, 3.05) is 6.54 Å². The predicted octanol–water partition coefficient (Wildman–Crippen LogP) is 2.42.